The highest BCUT2D eigenvalue weighted by molar-refractivity contribution is 7.89. The Hall–Kier alpha value is -3.25. The molecule has 1 aliphatic heterocycles. The molecule has 2 N–H and O–H groups in total. The van der Waals surface area contributed by atoms with E-state index in [2.05, 4.69) is 9.97 Å². The van der Waals surface area contributed by atoms with Gasteiger partial charge in [-0.2, -0.15) is 4.31 Å². The number of nitrogens with zero attached hydrogens (tertiary/aromatic N) is 4. The predicted molar refractivity (Wildman–Crippen MR) is 151 cm³/mol. The van der Waals surface area contributed by atoms with Crippen molar-refractivity contribution in [1.29, 1.82) is 0 Å². The molecule has 0 atom stereocenters. The summed E-state index contributed by atoms with van der Waals surface area (Å²) in [6.45, 7) is 4.64. The van der Waals surface area contributed by atoms with Crippen LogP contribution in [0.1, 0.15) is 83.2 Å². The lowest BCUT2D eigenvalue weighted by Crippen LogP contribution is -2.38. The highest BCUT2D eigenvalue weighted by atomic mass is 32.2. The number of hydrogen-bond acceptors (Lipinski definition) is 7. The van der Waals surface area contributed by atoms with E-state index in [4.69, 9.17) is 14.9 Å². The molecular weight excluding hydrogens is 534 g/mol. The summed E-state index contributed by atoms with van der Waals surface area (Å²) in [5.74, 6) is 0.988. The minimum Gasteiger partial charge on any atom is -0.493 e. The maximum Gasteiger partial charge on any atom is 0.303 e. The molecule has 3 aromatic rings. The minimum atomic E-state index is -3.83. The van der Waals surface area contributed by atoms with Gasteiger partial charge in [0.1, 0.15) is 11.6 Å². The third-order valence-corrected chi connectivity index (χ3v) is 9.80. The average Bonchev–Trinajstić information content (AvgIpc) is 3.56. The molecule has 1 saturated carbocycles. The largest absolute Gasteiger partial charge is 0.493 e. The molecule has 0 spiro atoms. The number of imidazole rings is 1. The van der Waals surface area contributed by atoms with Gasteiger partial charge in [-0.25, -0.2) is 17.9 Å². The topological polar surface area (TPSA) is 147 Å². The Kier molecular flexibility index (Phi) is 8.99. The van der Waals surface area contributed by atoms with Gasteiger partial charge in [0.15, 0.2) is 11.3 Å². The number of aliphatic carboxylic acids is 1. The van der Waals surface area contributed by atoms with Crippen LogP contribution in [0.25, 0.3) is 16.9 Å². The van der Waals surface area contributed by atoms with Crippen molar-refractivity contribution in [3.8, 4) is 17.1 Å². The molecule has 0 amide bonds. The first-order valence-electron chi connectivity index (χ1n) is 13.7. The van der Waals surface area contributed by atoms with Gasteiger partial charge >= 0.3 is 5.97 Å². The molecule has 0 unspecified atom stereocenters. The fourth-order valence-corrected chi connectivity index (χ4v) is 7.31. The van der Waals surface area contributed by atoms with Gasteiger partial charge in [-0.05, 0) is 70.1 Å². The standard InChI is InChI=1S/C27H35N5O6S.CH4/c1-3-38-22-10-9-20(39(36,37)31-14-12-18(13-15-31)8-11-23(33)34)16-21(22)25-29-27(35)24-17(2)28-26(32(24)30-25)19-6-4-5-7-19;/h9-10,16,18-19H,3-8,11-15H2,1-2H3,(H,33,34)(H,29,30,35);1H4. The summed E-state index contributed by atoms with van der Waals surface area (Å²) in [6, 6.07) is 4.63. The number of hydrogen-bond donors (Lipinski definition) is 2. The Balaban J connectivity index is 0.00000370. The molecule has 0 radical (unpaired) electrons. The van der Waals surface area contributed by atoms with Crippen LogP contribution in [-0.2, 0) is 14.8 Å². The van der Waals surface area contributed by atoms with E-state index in [1.807, 2.05) is 6.92 Å². The van der Waals surface area contributed by atoms with Gasteiger partial charge in [0, 0.05) is 25.4 Å². The molecule has 40 heavy (non-hydrogen) atoms. The van der Waals surface area contributed by atoms with Crippen LogP contribution in [0.2, 0.25) is 0 Å². The number of aryl methyl sites for hydroxylation is 1. The van der Waals surface area contributed by atoms with Gasteiger partial charge in [-0.3, -0.25) is 9.59 Å². The Morgan fingerprint density at radius 1 is 1.18 bits per heavy atom. The highest BCUT2D eigenvalue weighted by Crippen LogP contribution is 2.35. The second-order valence-electron chi connectivity index (χ2n) is 10.5. The number of aromatic nitrogens is 4. The lowest BCUT2D eigenvalue weighted by atomic mass is 9.93. The Bertz CT molecular complexity index is 1530. The van der Waals surface area contributed by atoms with Gasteiger partial charge in [0.05, 0.1) is 22.8 Å². The first-order valence-corrected chi connectivity index (χ1v) is 15.1. The Labute approximate surface area is 234 Å². The van der Waals surface area contributed by atoms with Crippen LogP contribution in [0.4, 0.5) is 0 Å². The van der Waals surface area contributed by atoms with E-state index in [1.54, 1.807) is 17.5 Å². The summed E-state index contributed by atoms with van der Waals surface area (Å²) < 4.78 is 36.1. The Morgan fingerprint density at radius 2 is 1.88 bits per heavy atom. The molecule has 12 heteroatoms. The van der Waals surface area contributed by atoms with Crippen molar-refractivity contribution in [3.05, 3.63) is 40.1 Å². The molecular formula is C28H39N5O6S. The summed E-state index contributed by atoms with van der Waals surface area (Å²) in [5, 5.41) is 13.7. The van der Waals surface area contributed by atoms with Crippen molar-refractivity contribution in [3.63, 3.8) is 0 Å². The first kappa shape index (κ1) is 29.7. The number of benzene rings is 1. The summed E-state index contributed by atoms with van der Waals surface area (Å²) >= 11 is 0. The molecule has 2 aromatic heterocycles. The van der Waals surface area contributed by atoms with E-state index in [0.717, 1.165) is 31.5 Å². The molecule has 5 rings (SSSR count). The second kappa shape index (κ2) is 12.1. The highest BCUT2D eigenvalue weighted by Gasteiger charge is 2.31. The lowest BCUT2D eigenvalue weighted by molar-refractivity contribution is -0.137. The van der Waals surface area contributed by atoms with E-state index in [1.165, 1.54) is 16.4 Å². The van der Waals surface area contributed by atoms with E-state index >= 15 is 0 Å². The number of nitrogens with one attached hydrogen (secondary N) is 1. The van der Waals surface area contributed by atoms with Crippen molar-refractivity contribution in [2.24, 2.45) is 5.92 Å². The number of piperidine rings is 1. The Morgan fingerprint density at radius 3 is 2.52 bits per heavy atom. The van der Waals surface area contributed by atoms with Crippen molar-refractivity contribution in [2.45, 2.75) is 83.5 Å². The number of carbonyl (C=O) groups is 1. The molecule has 1 aromatic carbocycles. The number of carboxylic acid groups (broad SMARTS) is 1. The molecule has 218 valence electrons. The maximum absolute atomic E-state index is 13.6. The summed E-state index contributed by atoms with van der Waals surface area (Å²) in [5.41, 5.74) is 1.06. The van der Waals surface area contributed by atoms with Gasteiger partial charge in [0.25, 0.3) is 5.56 Å². The summed E-state index contributed by atoms with van der Waals surface area (Å²) in [4.78, 5) is 31.7. The lowest BCUT2D eigenvalue weighted by Gasteiger charge is -2.31. The van der Waals surface area contributed by atoms with Crippen LogP contribution in [0.5, 0.6) is 5.75 Å². The normalized spacial score (nSPS) is 17.2. The van der Waals surface area contributed by atoms with Crippen molar-refractivity contribution < 1.29 is 23.1 Å². The predicted octanol–water partition coefficient (Wildman–Crippen LogP) is 4.35. The number of rotatable bonds is 9. The number of H-pyrrole nitrogens is 1. The minimum absolute atomic E-state index is 0. The van der Waals surface area contributed by atoms with E-state index < -0.39 is 16.0 Å². The fourth-order valence-electron chi connectivity index (χ4n) is 5.81. The molecule has 2 fully saturated rings. The number of sulfonamides is 1. The van der Waals surface area contributed by atoms with Crippen LogP contribution in [0, 0.1) is 12.8 Å². The van der Waals surface area contributed by atoms with Crippen molar-refractivity contribution in [2.75, 3.05) is 19.7 Å². The second-order valence-corrected chi connectivity index (χ2v) is 12.4. The SMILES string of the molecule is C.CCOc1ccc(S(=O)(=O)N2CCC(CCC(=O)O)CC2)cc1-c1nn2c(C3CCCC3)nc(C)c2c(=O)[nH]1. The summed E-state index contributed by atoms with van der Waals surface area (Å²) in [7, 11) is -3.83. The molecule has 0 bridgehead atoms. The third-order valence-electron chi connectivity index (χ3n) is 7.90. The molecule has 2 aliphatic rings. The third kappa shape index (κ3) is 5.78. The monoisotopic (exact) mass is 573 g/mol. The van der Waals surface area contributed by atoms with Crippen molar-refractivity contribution >= 4 is 21.5 Å². The zero-order chi connectivity index (χ0) is 27.7. The fraction of sp³-hybridized carbons (Fsp3) is 0.571. The van der Waals surface area contributed by atoms with Crippen molar-refractivity contribution in [1.82, 2.24) is 23.9 Å². The number of carboxylic acids is 1. The number of aromatic amines is 1. The van der Waals surface area contributed by atoms with Crippen LogP contribution in [-0.4, -0.2) is 63.1 Å². The number of fused-ring (bicyclic) bond motifs is 1. The maximum atomic E-state index is 13.6. The van der Waals surface area contributed by atoms with Crippen LogP contribution in [0.15, 0.2) is 27.9 Å². The van der Waals surface area contributed by atoms with Gasteiger partial charge in [0.2, 0.25) is 10.0 Å². The quantitative estimate of drug-likeness (QED) is 0.384. The zero-order valence-corrected chi connectivity index (χ0v) is 23.2. The van der Waals surface area contributed by atoms with Gasteiger partial charge in [-0.1, -0.05) is 20.3 Å². The summed E-state index contributed by atoms with van der Waals surface area (Å²) in [6.07, 6.45) is 6.08. The van der Waals surface area contributed by atoms with E-state index in [-0.39, 0.29) is 42.0 Å². The van der Waals surface area contributed by atoms with Gasteiger partial charge in [-0.15, -0.1) is 5.10 Å². The van der Waals surface area contributed by atoms with Crippen LogP contribution < -0.4 is 10.3 Å². The van der Waals surface area contributed by atoms with Gasteiger partial charge < -0.3 is 14.8 Å². The zero-order valence-electron chi connectivity index (χ0n) is 22.4. The molecule has 3 heterocycles. The molecule has 11 nitrogen and oxygen atoms in total. The molecule has 1 aliphatic carbocycles. The van der Waals surface area contributed by atoms with Crippen LogP contribution in [0.3, 0.4) is 0 Å². The van der Waals surface area contributed by atoms with E-state index in [0.29, 0.717) is 61.5 Å². The first-order chi connectivity index (χ1) is 18.7. The smallest absolute Gasteiger partial charge is 0.303 e. The molecule has 1 saturated heterocycles. The van der Waals surface area contributed by atoms with Crippen LogP contribution >= 0.6 is 0 Å². The average molecular weight is 574 g/mol. The number of ether oxygens (including phenoxy) is 1. The van der Waals surface area contributed by atoms with E-state index in [9.17, 15) is 18.0 Å².